The molecule has 0 aliphatic heterocycles. The van der Waals surface area contributed by atoms with Crippen LogP contribution in [-0.2, 0) is 0 Å². The van der Waals surface area contributed by atoms with E-state index in [-0.39, 0.29) is 11.7 Å². The number of aromatic nitrogens is 2. The first-order valence-corrected chi connectivity index (χ1v) is 7.20. The molecule has 1 saturated carbocycles. The lowest BCUT2D eigenvalue weighted by molar-refractivity contribution is 0.103. The van der Waals surface area contributed by atoms with Gasteiger partial charge >= 0.3 is 0 Å². The van der Waals surface area contributed by atoms with Crippen LogP contribution in [0.5, 0.6) is 0 Å². The van der Waals surface area contributed by atoms with Crippen molar-refractivity contribution in [3.63, 3.8) is 0 Å². The van der Waals surface area contributed by atoms with Gasteiger partial charge in [-0.3, -0.25) is 9.78 Å². The van der Waals surface area contributed by atoms with Gasteiger partial charge in [0.15, 0.2) is 5.13 Å². The number of pyridine rings is 1. The Labute approximate surface area is 120 Å². The molecule has 0 unspecified atom stereocenters. The molecule has 0 spiro atoms. The maximum atomic E-state index is 12.2. The molecule has 2 heterocycles. The van der Waals surface area contributed by atoms with E-state index in [1.165, 1.54) is 11.3 Å². The summed E-state index contributed by atoms with van der Waals surface area (Å²) in [7, 11) is 0. The Morgan fingerprint density at radius 2 is 2.30 bits per heavy atom. The first kappa shape index (κ1) is 12.9. The highest BCUT2D eigenvalue weighted by Gasteiger charge is 2.24. The monoisotopic (exact) mass is 289 g/mol. The zero-order valence-corrected chi connectivity index (χ0v) is 11.8. The largest absolute Gasteiger partial charge is 0.382 e. The molecule has 2 aromatic heterocycles. The summed E-state index contributed by atoms with van der Waals surface area (Å²) < 4.78 is 0. The van der Waals surface area contributed by atoms with E-state index in [1.807, 2.05) is 13.0 Å². The fraction of sp³-hybridized carbons (Fsp3) is 0.308. The van der Waals surface area contributed by atoms with Crippen LogP contribution in [0.15, 0.2) is 18.5 Å². The molecule has 20 heavy (non-hydrogen) atoms. The van der Waals surface area contributed by atoms with Gasteiger partial charge in [-0.2, -0.15) is 0 Å². The van der Waals surface area contributed by atoms with E-state index in [4.69, 9.17) is 5.73 Å². The van der Waals surface area contributed by atoms with Gasteiger partial charge in [-0.25, -0.2) is 4.98 Å². The van der Waals surface area contributed by atoms with Gasteiger partial charge in [0.1, 0.15) is 10.7 Å². The smallest absolute Gasteiger partial charge is 0.269 e. The normalized spacial score (nSPS) is 14.1. The van der Waals surface area contributed by atoms with Crippen LogP contribution in [0.4, 0.5) is 16.6 Å². The molecule has 1 fully saturated rings. The first-order chi connectivity index (χ1) is 9.63. The van der Waals surface area contributed by atoms with E-state index >= 15 is 0 Å². The molecule has 0 atom stereocenters. The molecule has 4 N–H and O–H groups in total. The second-order valence-electron chi connectivity index (χ2n) is 4.80. The summed E-state index contributed by atoms with van der Waals surface area (Å²) in [6.45, 7) is 1.91. The van der Waals surface area contributed by atoms with Crippen molar-refractivity contribution < 1.29 is 4.79 Å². The molecule has 1 aliphatic carbocycles. The Balaban J connectivity index is 1.76. The highest BCUT2D eigenvalue weighted by Crippen LogP contribution is 2.31. The summed E-state index contributed by atoms with van der Waals surface area (Å²) in [5.41, 5.74) is 7.45. The predicted molar refractivity (Wildman–Crippen MR) is 80.1 cm³/mol. The third-order valence-electron chi connectivity index (χ3n) is 3.05. The van der Waals surface area contributed by atoms with E-state index in [0.29, 0.717) is 21.7 Å². The lowest BCUT2D eigenvalue weighted by atomic mass is 10.2. The molecule has 0 saturated heterocycles. The third-order valence-corrected chi connectivity index (χ3v) is 4.05. The second kappa shape index (κ2) is 5.09. The number of anilines is 3. The fourth-order valence-corrected chi connectivity index (χ4v) is 2.59. The number of carbonyl (C=O) groups is 1. The van der Waals surface area contributed by atoms with E-state index in [0.717, 1.165) is 18.4 Å². The van der Waals surface area contributed by atoms with Crippen LogP contribution >= 0.6 is 11.3 Å². The SMILES string of the molecule is Cc1ccncc1NC(=O)c1sc(NC2CC2)nc1N. The minimum atomic E-state index is -0.250. The minimum absolute atomic E-state index is 0.250. The van der Waals surface area contributed by atoms with Crippen molar-refractivity contribution in [2.75, 3.05) is 16.4 Å². The predicted octanol–water partition coefficient (Wildman–Crippen LogP) is 2.26. The summed E-state index contributed by atoms with van der Waals surface area (Å²) in [4.78, 5) is 20.8. The van der Waals surface area contributed by atoms with Crippen molar-refractivity contribution in [3.8, 4) is 0 Å². The van der Waals surface area contributed by atoms with Gasteiger partial charge in [-0.05, 0) is 31.4 Å². The molecule has 104 valence electrons. The number of rotatable bonds is 4. The topological polar surface area (TPSA) is 92.9 Å². The van der Waals surface area contributed by atoms with Gasteiger partial charge in [-0.15, -0.1) is 0 Å². The van der Waals surface area contributed by atoms with Gasteiger partial charge in [-0.1, -0.05) is 11.3 Å². The minimum Gasteiger partial charge on any atom is -0.382 e. The Bertz CT molecular complexity index is 650. The molecule has 1 amide bonds. The summed E-state index contributed by atoms with van der Waals surface area (Å²) in [5, 5.41) is 6.76. The van der Waals surface area contributed by atoms with E-state index < -0.39 is 0 Å². The Morgan fingerprint density at radius 3 is 3.00 bits per heavy atom. The number of nitrogens with zero attached hydrogens (tertiary/aromatic N) is 2. The zero-order chi connectivity index (χ0) is 14.1. The Morgan fingerprint density at radius 1 is 1.50 bits per heavy atom. The lowest BCUT2D eigenvalue weighted by Crippen LogP contribution is -2.13. The quantitative estimate of drug-likeness (QED) is 0.802. The van der Waals surface area contributed by atoms with Crippen molar-refractivity contribution in [2.24, 2.45) is 0 Å². The van der Waals surface area contributed by atoms with Crippen LogP contribution in [0.1, 0.15) is 28.1 Å². The van der Waals surface area contributed by atoms with E-state index in [1.54, 1.807) is 12.4 Å². The molecule has 0 bridgehead atoms. The number of nitrogen functional groups attached to an aromatic ring is 1. The molecule has 0 aromatic carbocycles. The van der Waals surface area contributed by atoms with Gasteiger partial charge in [0.05, 0.1) is 11.9 Å². The number of carbonyl (C=O) groups excluding carboxylic acids is 1. The first-order valence-electron chi connectivity index (χ1n) is 6.38. The number of amides is 1. The van der Waals surface area contributed by atoms with Crippen molar-refractivity contribution in [1.82, 2.24) is 9.97 Å². The van der Waals surface area contributed by atoms with Crippen LogP contribution in [0.3, 0.4) is 0 Å². The summed E-state index contributed by atoms with van der Waals surface area (Å²) in [5.74, 6) is 0.0112. The van der Waals surface area contributed by atoms with E-state index in [9.17, 15) is 4.79 Å². The second-order valence-corrected chi connectivity index (χ2v) is 5.80. The van der Waals surface area contributed by atoms with Crippen LogP contribution in [0, 0.1) is 6.92 Å². The number of thiazole rings is 1. The number of nitrogens with one attached hydrogen (secondary N) is 2. The molecule has 2 aromatic rings. The average Bonchev–Trinajstić information content (AvgIpc) is 3.14. The number of aryl methyl sites for hydroxylation is 1. The van der Waals surface area contributed by atoms with Crippen LogP contribution < -0.4 is 16.4 Å². The fourth-order valence-electron chi connectivity index (χ4n) is 1.73. The molecule has 3 rings (SSSR count). The molecular weight excluding hydrogens is 274 g/mol. The summed E-state index contributed by atoms with van der Waals surface area (Å²) in [6, 6.07) is 2.32. The third kappa shape index (κ3) is 2.72. The van der Waals surface area contributed by atoms with Crippen molar-refractivity contribution >= 4 is 33.9 Å². The van der Waals surface area contributed by atoms with Crippen molar-refractivity contribution in [1.29, 1.82) is 0 Å². The molecule has 7 heteroatoms. The summed E-state index contributed by atoms with van der Waals surface area (Å²) >= 11 is 1.28. The standard InChI is InChI=1S/C13H15N5OS/c1-7-4-5-15-6-9(7)17-12(19)10-11(14)18-13(20-10)16-8-2-3-8/h4-6,8H,2-3,14H2,1H3,(H,16,18)(H,17,19). The number of hydrogen-bond donors (Lipinski definition) is 3. The maximum absolute atomic E-state index is 12.2. The molecule has 6 nitrogen and oxygen atoms in total. The Kier molecular flexibility index (Phi) is 3.27. The van der Waals surface area contributed by atoms with Gasteiger partial charge < -0.3 is 16.4 Å². The zero-order valence-electron chi connectivity index (χ0n) is 11.0. The summed E-state index contributed by atoms with van der Waals surface area (Å²) in [6.07, 6.45) is 5.60. The lowest BCUT2D eigenvalue weighted by Gasteiger charge is -2.05. The van der Waals surface area contributed by atoms with Crippen LogP contribution in [0.25, 0.3) is 0 Å². The van der Waals surface area contributed by atoms with Crippen molar-refractivity contribution in [3.05, 3.63) is 28.9 Å². The molecular formula is C13H15N5OS. The molecule has 1 aliphatic rings. The van der Waals surface area contributed by atoms with Crippen LogP contribution in [0.2, 0.25) is 0 Å². The molecule has 0 radical (unpaired) electrons. The van der Waals surface area contributed by atoms with Gasteiger partial charge in [0, 0.05) is 12.2 Å². The Hall–Kier alpha value is -2.15. The highest BCUT2D eigenvalue weighted by atomic mass is 32.1. The van der Waals surface area contributed by atoms with Gasteiger partial charge in [0.2, 0.25) is 0 Å². The number of hydrogen-bond acceptors (Lipinski definition) is 6. The maximum Gasteiger partial charge on any atom is 0.269 e. The average molecular weight is 289 g/mol. The number of nitrogens with two attached hydrogens (primary N) is 1. The van der Waals surface area contributed by atoms with Crippen LogP contribution in [-0.4, -0.2) is 21.9 Å². The van der Waals surface area contributed by atoms with E-state index in [2.05, 4.69) is 20.6 Å². The highest BCUT2D eigenvalue weighted by molar-refractivity contribution is 7.18. The van der Waals surface area contributed by atoms with Crippen molar-refractivity contribution in [2.45, 2.75) is 25.8 Å². The van der Waals surface area contributed by atoms with Gasteiger partial charge in [0.25, 0.3) is 5.91 Å².